The minimum Gasteiger partial charge on any atom is -0.453 e. The number of fused-ring (bicyclic) bond motifs is 1. The van der Waals surface area contributed by atoms with Crippen LogP contribution in [0.3, 0.4) is 0 Å². The Hall–Kier alpha value is -4.33. The largest absolute Gasteiger partial charge is 0.453 e. The molecule has 4 rings (SSSR count). The van der Waals surface area contributed by atoms with Crippen LogP contribution >= 0.6 is 0 Å². The third kappa shape index (κ3) is 4.85. The van der Waals surface area contributed by atoms with Crippen molar-refractivity contribution < 1.29 is 27.9 Å². The van der Waals surface area contributed by atoms with Crippen LogP contribution in [-0.4, -0.2) is 30.6 Å². The topological polar surface area (TPSA) is 99.2 Å². The molecule has 0 unspecified atom stereocenters. The Bertz CT molecular complexity index is 1370. The van der Waals surface area contributed by atoms with Gasteiger partial charge < -0.3 is 23.2 Å². The zero-order valence-corrected chi connectivity index (χ0v) is 19.0. The molecule has 2 aromatic carbocycles. The van der Waals surface area contributed by atoms with Crippen LogP contribution < -0.4 is 10.4 Å². The second-order valence-corrected chi connectivity index (χ2v) is 7.82. The van der Waals surface area contributed by atoms with E-state index in [-0.39, 0.29) is 30.2 Å². The fraction of sp³-hybridized carbons (Fsp3) is 0.192. The number of benzene rings is 2. The Morgan fingerprint density at radius 3 is 2.38 bits per heavy atom. The van der Waals surface area contributed by atoms with E-state index in [1.165, 1.54) is 14.0 Å². The molecule has 0 aliphatic heterocycles. The molecule has 4 aromatic rings. The molecule has 2 aromatic heterocycles. The predicted octanol–water partition coefficient (Wildman–Crippen LogP) is 4.84. The average Bonchev–Trinajstić information content (AvgIpc) is 3.27. The third-order valence-electron chi connectivity index (χ3n) is 5.27. The number of likely N-dealkylation sites (N-methyl/N-ethyl adjacent to an activating group) is 1. The number of nitrogens with zero attached hydrogens (tertiary/aromatic N) is 1. The van der Waals surface area contributed by atoms with Gasteiger partial charge in [-0.2, -0.15) is 0 Å². The summed E-state index contributed by atoms with van der Waals surface area (Å²) in [5.41, 5.74) is 1.37. The maximum absolute atomic E-state index is 12.6. The number of esters is 1. The minimum atomic E-state index is -0.730. The van der Waals surface area contributed by atoms with Crippen molar-refractivity contribution in [2.75, 3.05) is 13.6 Å². The van der Waals surface area contributed by atoms with Gasteiger partial charge in [0, 0.05) is 18.0 Å². The van der Waals surface area contributed by atoms with Crippen molar-refractivity contribution in [3.8, 4) is 17.3 Å². The molecule has 2 heterocycles. The van der Waals surface area contributed by atoms with Crippen LogP contribution in [0.2, 0.25) is 0 Å². The number of hydrogen-bond donors (Lipinski definition) is 0. The van der Waals surface area contributed by atoms with E-state index in [4.69, 9.17) is 18.3 Å². The third-order valence-corrected chi connectivity index (χ3v) is 5.27. The molecular weight excluding hydrogens is 438 g/mol. The van der Waals surface area contributed by atoms with Crippen molar-refractivity contribution in [2.24, 2.45) is 0 Å². The highest BCUT2D eigenvalue weighted by molar-refractivity contribution is 5.83. The highest BCUT2D eigenvalue weighted by atomic mass is 16.6. The van der Waals surface area contributed by atoms with Gasteiger partial charge in [0.15, 0.2) is 11.5 Å². The second kappa shape index (κ2) is 9.66. The Balaban J connectivity index is 1.49. The van der Waals surface area contributed by atoms with Crippen molar-refractivity contribution >= 4 is 23.0 Å². The first kappa shape index (κ1) is 22.8. The quantitative estimate of drug-likeness (QED) is 0.379. The fourth-order valence-electron chi connectivity index (χ4n) is 3.44. The summed E-state index contributed by atoms with van der Waals surface area (Å²) in [5, 5.41) is 0.842. The van der Waals surface area contributed by atoms with Gasteiger partial charge in [0.05, 0.1) is 5.56 Å². The van der Waals surface area contributed by atoms with E-state index in [1.54, 1.807) is 19.1 Å². The van der Waals surface area contributed by atoms with Crippen LogP contribution in [0.15, 0.2) is 74.3 Å². The molecule has 0 aliphatic carbocycles. The highest BCUT2D eigenvalue weighted by Gasteiger charge is 2.23. The highest BCUT2D eigenvalue weighted by Crippen LogP contribution is 2.34. The first-order chi connectivity index (χ1) is 16.3. The molecular formula is C26H23NO7. The first-order valence-corrected chi connectivity index (χ1v) is 10.6. The molecule has 0 N–H and O–H groups in total. The van der Waals surface area contributed by atoms with Crippen molar-refractivity contribution in [2.45, 2.75) is 20.5 Å². The maximum Gasteiger partial charge on any atom is 0.410 e. The lowest BCUT2D eigenvalue weighted by Gasteiger charge is -2.17. The zero-order chi connectivity index (χ0) is 24.2. The van der Waals surface area contributed by atoms with E-state index in [9.17, 15) is 14.4 Å². The van der Waals surface area contributed by atoms with Gasteiger partial charge in [-0.05, 0) is 31.5 Å². The van der Waals surface area contributed by atoms with Crippen LogP contribution in [0.4, 0.5) is 4.79 Å². The molecule has 0 spiro atoms. The number of para-hydroxylation sites is 1. The smallest absolute Gasteiger partial charge is 0.410 e. The van der Waals surface area contributed by atoms with Crippen LogP contribution in [0, 0.1) is 13.8 Å². The number of hydrogen-bond acceptors (Lipinski definition) is 7. The summed E-state index contributed by atoms with van der Waals surface area (Å²) in [5.74, 6) is -0.144. The number of carbonyl (C=O) groups excluding carboxylic acids is 2. The van der Waals surface area contributed by atoms with E-state index in [2.05, 4.69) is 0 Å². The summed E-state index contributed by atoms with van der Waals surface area (Å²) in [7, 11) is 1.42. The summed E-state index contributed by atoms with van der Waals surface area (Å²) in [6, 6.07) is 18.3. The summed E-state index contributed by atoms with van der Waals surface area (Å²) in [6.45, 7) is 2.88. The van der Waals surface area contributed by atoms with E-state index in [1.807, 2.05) is 48.5 Å². The van der Waals surface area contributed by atoms with Crippen LogP contribution in [0.1, 0.15) is 16.7 Å². The number of furan rings is 1. The second-order valence-electron chi connectivity index (χ2n) is 7.82. The lowest BCUT2D eigenvalue weighted by molar-refractivity contribution is -0.135. The Morgan fingerprint density at radius 1 is 0.941 bits per heavy atom. The zero-order valence-electron chi connectivity index (χ0n) is 19.0. The van der Waals surface area contributed by atoms with Gasteiger partial charge >= 0.3 is 17.7 Å². The molecule has 0 aliphatic rings. The van der Waals surface area contributed by atoms with Crippen molar-refractivity contribution in [3.05, 3.63) is 87.8 Å². The van der Waals surface area contributed by atoms with Gasteiger partial charge in [0.2, 0.25) is 0 Å². The Labute approximate surface area is 195 Å². The van der Waals surface area contributed by atoms with Gasteiger partial charge in [-0.25, -0.2) is 14.4 Å². The van der Waals surface area contributed by atoms with Gasteiger partial charge in [-0.3, -0.25) is 0 Å². The normalized spacial score (nSPS) is 10.8. The molecule has 0 fully saturated rings. The standard InChI is InChI=1S/C26H23NO7/c1-16-23(33-22(28)14-27(3)26(30)31-15-18-9-5-4-6-10-18)17(2)25(29)34-24(16)21-13-19-11-7-8-12-20(19)32-21/h4-13H,14-15H2,1-3H3. The lowest BCUT2D eigenvalue weighted by atomic mass is 10.1. The Morgan fingerprint density at radius 2 is 1.65 bits per heavy atom. The van der Waals surface area contributed by atoms with Crippen LogP contribution in [0.5, 0.6) is 5.75 Å². The number of carbonyl (C=O) groups is 2. The van der Waals surface area contributed by atoms with Crippen LogP contribution in [-0.2, 0) is 16.1 Å². The molecule has 34 heavy (non-hydrogen) atoms. The molecule has 0 saturated heterocycles. The summed E-state index contributed by atoms with van der Waals surface area (Å²) in [4.78, 5) is 38.4. The molecule has 8 nitrogen and oxygen atoms in total. The van der Waals surface area contributed by atoms with Crippen molar-refractivity contribution in [1.29, 1.82) is 0 Å². The fourth-order valence-corrected chi connectivity index (χ4v) is 3.44. The Kier molecular flexibility index (Phi) is 6.49. The van der Waals surface area contributed by atoms with Gasteiger partial charge in [0.1, 0.15) is 24.5 Å². The van der Waals surface area contributed by atoms with E-state index in [0.29, 0.717) is 16.9 Å². The van der Waals surface area contributed by atoms with Gasteiger partial charge in [-0.15, -0.1) is 0 Å². The average molecular weight is 461 g/mol. The van der Waals surface area contributed by atoms with Gasteiger partial charge in [0.25, 0.3) is 0 Å². The summed E-state index contributed by atoms with van der Waals surface area (Å²) < 4.78 is 22.0. The molecule has 0 atom stereocenters. The molecule has 8 heteroatoms. The number of amides is 1. The van der Waals surface area contributed by atoms with E-state index in [0.717, 1.165) is 15.8 Å². The molecule has 0 saturated carbocycles. The lowest BCUT2D eigenvalue weighted by Crippen LogP contribution is -2.34. The van der Waals surface area contributed by atoms with Crippen molar-refractivity contribution in [1.82, 2.24) is 4.90 Å². The summed E-state index contributed by atoms with van der Waals surface area (Å²) in [6.07, 6.45) is -0.676. The van der Waals surface area contributed by atoms with E-state index < -0.39 is 17.7 Å². The minimum absolute atomic E-state index is 0.0720. The molecule has 0 radical (unpaired) electrons. The maximum atomic E-state index is 12.6. The monoisotopic (exact) mass is 461 g/mol. The van der Waals surface area contributed by atoms with Gasteiger partial charge in [-0.1, -0.05) is 48.5 Å². The first-order valence-electron chi connectivity index (χ1n) is 10.6. The summed E-state index contributed by atoms with van der Waals surface area (Å²) >= 11 is 0. The number of ether oxygens (including phenoxy) is 2. The molecule has 174 valence electrons. The molecule has 0 bridgehead atoms. The predicted molar refractivity (Wildman–Crippen MR) is 125 cm³/mol. The van der Waals surface area contributed by atoms with Crippen molar-refractivity contribution in [3.63, 3.8) is 0 Å². The SMILES string of the molecule is Cc1c(-c2cc3ccccc3o2)oc(=O)c(C)c1OC(=O)CN(C)C(=O)OCc1ccccc1. The molecule has 1 amide bonds. The van der Waals surface area contributed by atoms with Crippen LogP contribution in [0.25, 0.3) is 22.5 Å². The van der Waals surface area contributed by atoms with E-state index >= 15 is 0 Å². The number of rotatable bonds is 6.